The zero-order chi connectivity index (χ0) is 37.6. The third kappa shape index (κ3) is 7.54. The first-order valence-corrected chi connectivity index (χ1v) is 16.6. The van der Waals surface area contributed by atoms with E-state index >= 15 is 8.78 Å². The number of hydrogen-bond acceptors (Lipinski definition) is 5. The Morgan fingerprint density at radius 1 is 1.02 bits per heavy atom. The van der Waals surface area contributed by atoms with Crippen molar-refractivity contribution in [2.75, 3.05) is 19.6 Å². The highest BCUT2D eigenvalue weighted by Crippen LogP contribution is 2.40. The van der Waals surface area contributed by atoms with Crippen LogP contribution in [0, 0.1) is 25.5 Å². The number of carbonyl (C=O) groups is 2. The fourth-order valence-corrected chi connectivity index (χ4v) is 7.01. The number of aryl methyl sites for hydroxylation is 2. The normalized spacial score (nSPS) is 18.1. The number of nitrogens with one attached hydrogen (secondary N) is 1. The number of nitrogens with zero attached hydrogens (tertiary/aromatic N) is 2. The second-order valence-electron chi connectivity index (χ2n) is 13.1. The molecule has 52 heavy (non-hydrogen) atoms. The zero-order valence-corrected chi connectivity index (χ0v) is 28.5. The molecule has 2 aliphatic heterocycles. The molecule has 1 aromatic heterocycles. The minimum absolute atomic E-state index is 0.000368. The van der Waals surface area contributed by atoms with Gasteiger partial charge in [0.15, 0.2) is 0 Å². The number of pyridine rings is 1. The molecule has 0 saturated carbocycles. The van der Waals surface area contributed by atoms with Crippen molar-refractivity contribution in [3.05, 3.63) is 121 Å². The molecule has 3 heterocycles. The van der Waals surface area contributed by atoms with Crippen LogP contribution >= 0.6 is 11.6 Å². The maximum atomic E-state index is 16.0. The van der Waals surface area contributed by atoms with Gasteiger partial charge in [0.2, 0.25) is 5.91 Å². The summed E-state index contributed by atoms with van der Waals surface area (Å²) in [6, 6.07) is 6.32. The van der Waals surface area contributed by atoms with Gasteiger partial charge in [-0.15, -0.1) is 0 Å². The third-order valence-corrected chi connectivity index (χ3v) is 9.48. The molecular weight excluding hydrogens is 716 g/mol. The number of aliphatic carboxylic acids is 1. The van der Waals surface area contributed by atoms with Gasteiger partial charge in [0, 0.05) is 53.6 Å². The average Bonchev–Trinajstić information content (AvgIpc) is 3.03. The topological polar surface area (TPSA) is 101 Å². The molecular formula is C37H32ClF6N3O5. The summed E-state index contributed by atoms with van der Waals surface area (Å²) in [7, 11) is 0. The predicted octanol–water partition coefficient (Wildman–Crippen LogP) is 7.09. The summed E-state index contributed by atoms with van der Waals surface area (Å²) in [5, 5.41) is 12.6. The van der Waals surface area contributed by atoms with Crippen LogP contribution in [0.1, 0.15) is 57.4 Å². The summed E-state index contributed by atoms with van der Waals surface area (Å²) in [5.41, 5.74) is -1.80. The number of carboxylic acid groups (broad SMARTS) is 1. The molecule has 2 N–H and O–H groups in total. The van der Waals surface area contributed by atoms with Gasteiger partial charge in [-0.3, -0.25) is 23.9 Å². The van der Waals surface area contributed by atoms with E-state index in [4.69, 9.17) is 16.3 Å². The molecule has 8 nitrogen and oxygen atoms in total. The highest BCUT2D eigenvalue weighted by atomic mass is 35.5. The predicted molar refractivity (Wildman–Crippen MR) is 179 cm³/mol. The lowest BCUT2D eigenvalue weighted by Crippen LogP contribution is -2.49. The quantitative estimate of drug-likeness (QED) is 0.205. The van der Waals surface area contributed by atoms with Crippen LogP contribution in [-0.4, -0.2) is 52.3 Å². The number of alkyl halides is 4. The van der Waals surface area contributed by atoms with Gasteiger partial charge in [-0.1, -0.05) is 17.7 Å². The Balaban J connectivity index is 1.57. The van der Waals surface area contributed by atoms with Crippen molar-refractivity contribution in [3.8, 4) is 16.9 Å². The lowest BCUT2D eigenvalue weighted by molar-refractivity contribution is -0.139. The molecule has 2 aliphatic rings. The van der Waals surface area contributed by atoms with Crippen LogP contribution < -0.4 is 15.6 Å². The van der Waals surface area contributed by atoms with Crippen molar-refractivity contribution in [1.82, 2.24) is 14.8 Å². The number of benzene rings is 3. The molecule has 274 valence electrons. The Morgan fingerprint density at radius 2 is 1.75 bits per heavy atom. The fraction of sp³-hybridized carbons (Fsp3) is 0.324. The minimum atomic E-state index is -4.98. The second kappa shape index (κ2) is 14.3. The van der Waals surface area contributed by atoms with Crippen molar-refractivity contribution in [1.29, 1.82) is 0 Å². The van der Waals surface area contributed by atoms with Crippen LogP contribution in [0.2, 0.25) is 5.02 Å². The first-order valence-electron chi connectivity index (χ1n) is 16.2. The van der Waals surface area contributed by atoms with Crippen LogP contribution in [0.5, 0.6) is 5.75 Å². The summed E-state index contributed by atoms with van der Waals surface area (Å²) < 4.78 is 94.6. The summed E-state index contributed by atoms with van der Waals surface area (Å²) >= 11 is 6.37. The summed E-state index contributed by atoms with van der Waals surface area (Å²) in [4.78, 5) is 41.6. The number of rotatable bonds is 6. The minimum Gasteiger partial charge on any atom is -0.488 e. The molecule has 0 radical (unpaired) electrons. The van der Waals surface area contributed by atoms with E-state index in [1.165, 1.54) is 37.3 Å². The number of fused-ring (bicyclic) bond motifs is 6. The molecule has 6 rings (SSSR count). The number of carbonyl (C=O) groups excluding carboxylic acids is 1. The maximum Gasteiger partial charge on any atom is 0.416 e. The number of likely N-dealkylation sites (tertiary alicyclic amines) is 1. The molecule has 0 spiro atoms. The van der Waals surface area contributed by atoms with Gasteiger partial charge in [0.1, 0.15) is 36.2 Å². The van der Waals surface area contributed by atoms with E-state index in [1.54, 1.807) is 17.9 Å². The molecule has 1 fully saturated rings. The van der Waals surface area contributed by atoms with Crippen molar-refractivity contribution in [2.24, 2.45) is 0 Å². The molecule has 4 aromatic rings. The molecule has 2 atom stereocenters. The van der Waals surface area contributed by atoms with Crippen LogP contribution in [0.3, 0.4) is 0 Å². The average molecular weight is 748 g/mol. The van der Waals surface area contributed by atoms with Crippen molar-refractivity contribution < 1.29 is 45.8 Å². The van der Waals surface area contributed by atoms with Crippen molar-refractivity contribution in [3.63, 3.8) is 0 Å². The number of carboxylic acids is 1. The van der Waals surface area contributed by atoms with Crippen molar-refractivity contribution >= 4 is 23.5 Å². The first-order chi connectivity index (χ1) is 24.5. The van der Waals surface area contributed by atoms with Gasteiger partial charge in [0.05, 0.1) is 18.0 Å². The maximum absolute atomic E-state index is 16.0. The van der Waals surface area contributed by atoms with E-state index < -0.39 is 76.6 Å². The number of aromatic nitrogens is 1. The molecule has 3 aromatic carbocycles. The Kier molecular flexibility index (Phi) is 10.2. The van der Waals surface area contributed by atoms with Gasteiger partial charge >= 0.3 is 12.1 Å². The standard InChI is InChI=1S/C37H32ClF6N3O5/c1-18-8-23(38)11-30-33(18)22-7-19(2)34(41)26(10-22)29(13-32(49)50)45-36(51)35(25-9-20(17-52-30)3-4-28(25)40)47-14-21(5-6-46-15-24(39)16-46)27(12-31(47)48)37(42,43)44/h3-4,7-12,14,24,29,35H,5-6,13,15-17H2,1-2H3,(H,45,51)(H,49,50)/t29-,35-/m1/s1. The lowest BCUT2D eigenvalue weighted by atomic mass is 9.91. The summed E-state index contributed by atoms with van der Waals surface area (Å²) in [5.74, 6) is -4.25. The number of amides is 1. The zero-order valence-electron chi connectivity index (χ0n) is 27.8. The Hall–Kier alpha value is -4.82. The van der Waals surface area contributed by atoms with E-state index in [2.05, 4.69) is 5.32 Å². The monoisotopic (exact) mass is 747 g/mol. The smallest absolute Gasteiger partial charge is 0.416 e. The molecule has 4 bridgehead atoms. The Labute approximate surface area is 298 Å². The van der Waals surface area contributed by atoms with Crippen LogP contribution in [0.4, 0.5) is 26.3 Å². The van der Waals surface area contributed by atoms with Gasteiger partial charge in [-0.05, 0) is 84.5 Å². The summed E-state index contributed by atoms with van der Waals surface area (Å²) in [6.45, 7) is 3.00. The first kappa shape index (κ1) is 37.0. The fourth-order valence-electron chi connectivity index (χ4n) is 6.75. The molecule has 15 heteroatoms. The number of ether oxygens (including phenoxy) is 1. The van der Waals surface area contributed by atoms with Gasteiger partial charge in [0.25, 0.3) is 5.56 Å². The molecule has 1 amide bonds. The molecule has 1 saturated heterocycles. The van der Waals surface area contributed by atoms with Crippen LogP contribution in [0.25, 0.3) is 11.1 Å². The SMILES string of the molecule is Cc1cc2cc(c1F)[C@@H](CC(=O)O)NC(=O)[C@H](n1cc(CCN3CC(F)C3)c(C(F)(F)F)cc1=O)c1cc(ccc1F)COc1cc(Cl)cc(C)c1-2. The van der Waals surface area contributed by atoms with Crippen LogP contribution in [0.15, 0.2) is 59.5 Å². The second-order valence-corrected chi connectivity index (χ2v) is 13.5. The largest absolute Gasteiger partial charge is 0.488 e. The van der Waals surface area contributed by atoms with E-state index in [0.29, 0.717) is 37.9 Å². The van der Waals surface area contributed by atoms with Gasteiger partial charge in [-0.25, -0.2) is 13.2 Å². The highest BCUT2D eigenvalue weighted by Gasteiger charge is 2.37. The summed E-state index contributed by atoms with van der Waals surface area (Å²) in [6.07, 6.45) is -6.45. The van der Waals surface area contributed by atoms with E-state index in [1.807, 2.05) is 0 Å². The van der Waals surface area contributed by atoms with E-state index in [0.717, 1.165) is 12.3 Å². The number of hydrogen-bond donors (Lipinski definition) is 2. The van der Waals surface area contributed by atoms with E-state index in [-0.39, 0.29) is 49.5 Å². The molecule has 0 unspecified atom stereocenters. The van der Waals surface area contributed by atoms with Gasteiger partial charge in [-0.2, -0.15) is 13.2 Å². The third-order valence-electron chi connectivity index (χ3n) is 9.26. The van der Waals surface area contributed by atoms with Crippen LogP contribution in [-0.2, 0) is 28.8 Å². The number of halogens is 7. The van der Waals surface area contributed by atoms with Crippen molar-refractivity contribution in [2.45, 2.75) is 57.7 Å². The Morgan fingerprint density at radius 3 is 2.42 bits per heavy atom. The van der Waals surface area contributed by atoms with E-state index in [9.17, 15) is 37.1 Å². The van der Waals surface area contributed by atoms with Gasteiger partial charge < -0.3 is 15.2 Å². The molecule has 0 aliphatic carbocycles. The highest BCUT2D eigenvalue weighted by molar-refractivity contribution is 6.31. The lowest BCUT2D eigenvalue weighted by Gasteiger charge is -2.34. The Bertz CT molecular complexity index is 2130.